The third kappa shape index (κ3) is 2.75. The van der Waals surface area contributed by atoms with Gasteiger partial charge in [-0.25, -0.2) is 4.39 Å². The molecule has 1 heterocycles. The van der Waals surface area contributed by atoms with E-state index < -0.39 is 12.4 Å². The van der Waals surface area contributed by atoms with Crippen molar-refractivity contribution in [2.45, 2.75) is 6.61 Å². The molecule has 0 spiro atoms. The van der Waals surface area contributed by atoms with Crippen LogP contribution in [0.2, 0.25) is 0 Å². The van der Waals surface area contributed by atoms with Gasteiger partial charge in [0, 0.05) is 5.56 Å². The number of benzene rings is 1. The summed E-state index contributed by atoms with van der Waals surface area (Å²) in [5.74, 6) is -0.470. The number of aromatic nitrogens is 1. The molecule has 0 atom stereocenters. The molecule has 2 nitrogen and oxygen atoms in total. The predicted molar refractivity (Wildman–Crippen MR) is 56.3 cm³/mol. The smallest absolute Gasteiger partial charge is 0.387 e. The number of ether oxygens (including phenoxy) is 1. The molecule has 0 fully saturated rings. The van der Waals surface area contributed by atoms with E-state index in [2.05, 4.69) is 9.72 Å². The zero-order valence-corrected chi connectivity index (χ0v) is 8.61. The van der Waals surface area contributed by atoms with Crippen LogP contribution in [0.1, 0.15) is 0 Å². The van der Waals surface area contributed by atoms with Crippen molar-refractivity contribution in [2.24, 2.45) is 0 Å². The number of hydrogen-bond donors (Lipinski definition) is 0. The maximum atomic E-state index is 13.4. The molecule has 0 aliphatic carbocycles. The summed E-state index contributed by atoms with van der Waals surface area (Å²) in [6.45, 7) is -2.89. The lowest BCUT2D eigenvalue weighted by Crippen LogP contribution is -2.02. The third-order valence-corrected chi connectivity index (χ3v) is 2.11. The van der Waals surface area contributed by atoms with Crippen molar-refractivity contribution in [2.75, 3.05) is 0 Å². The summed E-state index contributed by atoms with van der Waals surface area (Å²) in [5.41, 5.74) is 0.681. The van der Waals surface area contributed by atoms with Gasteiger partial charge in [-0.05, 0) is 24.3 Å². The molecule has 0 amide bonds. The molecule has 2 aromatic rings. The highest BCUT2D eigenvalue weighted by molar-refractivity contribution is 5.59. The normalized spacial score (nSPS) is 10.6. The van der Waals surface area contributed by atoms with Crippen molar-refractivity contribution >= 4 is 0 Å². The number of rotatable bonds is 3. The summed E-state index contributed by atoms with van der Waals surface area (Å²) in [6, 6.07) is 8.85. The first-order valence-electron chi connectivity index (χ1n) is 4.82. The van der Waals surface area contributed by atoms with Crippen molar-refractivity contribution in [3.8, 4) is 17.0 Å². The molecule has 0 aliphatic heterocycles. The molecular weight excluding hydrogens is 231 g/mol. The molecule has 1 aromatic heterocycles. The molecule has 0 saturated carbocycles. The van der Waals surface area contributed by atoms with Crippen molar-refractivity contribution in [1.29, 1.82) is 0 Å². The summed E-state index contributed by atoms with van der Waals surface area (Å²) in [6.07, 6.45) is 1.13. The van der Waals surface area contributed by atoms with Crippen molar-refractivity contribution in [3.63, 3.8) is 0 Å². The van der Waals surface area contributed by atoms with Gasteiger partial charge in [-0.1, -0.05) is 12.1 Å². The second kappa shape index (κ2) is 4.86. The Bertz CT molecular complexity index is 499. The zero-order chi connectivity index (χ0) is 12.3. The Morgan fingerprint density at radius 2 is 1.82 bits per heavy atom. The van der Waals surface area contributed by atoms with Crippen LogP contribution in [-0.2, 0) is 0 Å². The number of nitrogens with zero attached hydrogens (tertiary/aromatic N) is 1. The highest BCUT2D eigenvalue weighted by Crippen LogP contribution is 2.22. The highest BCUT2D eigenvalue weighted by atomic mass is 19.3. The largest absolute Gasteiger partial charge is 0.433 e. The molecule has 0 saturated heterocycles. The second-order valence-corrected chi connectivity index (χ2v) is 3.24. The monoisotopic (exact) mass is 239 g/mol. The Hall–Kier alpha value is -2.04. The second-order valence-electron chi connectivity index (χ2n) is 3.24. The summed E-state index contributed by atoms with van der Waals surface area (Å²) in [7, 11) is 0. The van der Waals surface area contributed by atoms with Crippen LogP contribution < -0.4 is 4.74 Å². The van der Waals surface area contributed by atoms with E-state index in [0.29, 0.717) is 11.3 Å². The molecule has 2 rings (SSSR count). The first-order valence-corrected chi connectivity index (χ1v) is 4.82. The van der Waals surface area contributed by atoms with E-state index in [1.807, 2.05) is 0 Å². The van der Waals surface area contributed by atoms with Crippen LogP contribution in [-0.4, -0.2) is 11.6 Å². The van der Waals surface area contributed by atoms with Crippen molar-refractivity contribution < 1.29 is 17.9 Å². The van der Waals surface area contributed by atoms with Gasteiger partial charge in [0.05, 0.1) is 11.9 Å². The lowest BCUT2D eigenvalue weighted by atomic mass is 10.1. The summed E-state index contributed by atoms with van der Waals surface area (Å²) >= 11 is 0. The molecular formula is C12H8F3NO. The minimum Gasteiger partial charge on any atom is -0.433 e. The minimum absolute atomic E-state index is 0.0555. The van der Waals surface area contributed by atoms with Crippen LogP contribution in [0, 0.1) is 5.82 Å². The summed E-state index contributed by atoms with van der Waals surface area (Å²) in [5, 5.41) is 0. The fourth-order valence-corrected chi connectivity index (χ4v) is 1.38. The topological polar surface area (TPSA) is 22.1 Å². The molecule has 0 unspecified atom stereocenters. The highest BCUT2D eigenvalue weighted by Gasteiger charge is 2.07. The lowest BCUT2D eigenvalue weighted by Gasteiger charge is -2.05. The van der Waals surface area contributed by atoms with Crippen molar-refractivity contribution in [3.05, 3.63) is 48.4 Å². The molecule has 1 aromatic carbocycles. The van der Waals surface area contributed by atoms with Gasteiger partial charge < -0.3 is 4.74 Å². The summed E-state index contributed by atoms with van der Waals surface area (Å²) < 4.78 is 41.3. The van der Waals surface area contributed by atoms with Gasteiger partial charge in [-0.2, -0.15) is 8.78 Å². The molecule has 0 radical (unpaired) electrons. The number of pyridine rings is 1. The number of hydrogen-bond acceptors (Lipinski definition) is 2. The fourth-order valence-electron chi connectivity index (χ4n) is 1.38. The quantitative estimate of drug-likeness (QED) is 0.817. The maximum absolute atomic E-state index is 13.4. The third-order valence-electron chi connectivity index (χ3n) is 2.11. The predicted octanol–water partition coefficient (Wildman–Crippen LogP) is 3.49. The van der Waals surface area contributed by atoms with E-state index in [1.165, 1.54) is 18.2 Å². The van der Waals surface area contributed by atoms with Crippen LogP contribution in [0.3, 0.4) is 0 Å². The standard InChI is InChI=1S/C12H8F3NO/c13-10-4-2-1-3-9(10)11-6-5-8(7-16-11)17-12(14)15/h1-7,12H. The number of halogens is 3. The average molecular weight is 239 g/mol. The lowest BCUT2D eigenvalue weighted by molar-refractivity contribution is -0.0500. The molecule has 0 bridgehead atoms. The van der Waals surface area contributed by atoms with Crippen LogP contribution in [0.25, 0.3) is 11.3 Å². The molecule has 0 N–H and O–H groups in total. The molecule has 5 heteroatoms. The van der Waals surface area contributed by atoms with Gasteiger partial charge in [-0.15, -0.1) is 0 Å². The Kier molecular flexibility index (Phi) is 3.27. The van der Waals surface area contributed by atoms with E-state index in [0.717, 1.165) is 6.20 Å². The fraction of sp³-hybridized carbons (Fsp3) is 0.0833. The molecule has 17 heavy (non-hydrogen) atoms. The van der Waals surface area contributed by atoms with Crippen LogP contribution in [0.15, 0.2) is 42.6 Å². The number of alkyl halides is 2. The zero-order valence-electron chi connectivity index (χ0n) is 8.61. The van der Waals surface area contributed by atoms with E-state index in [4.69, 9.17) is 0 Å². The summed E-state index contributed by atoms with van der Waals surface area (Å²) in [4.78, 5) is 3.86. The average Bonchev–Trinajstić information content (AvgIpc) is 2.30. The molecule has 88 valence electrons. The van der Waals surface area contributed by atoms with Crippen LogP contribution in [0.5, 0.6) is 5.75 Å². The van der Waals surface area contributed by atoms with Gasteiger partial charge in [0.2, 0.25) is 0 Å². The van der Waals surface area contributed by atoms with Crippen molar-refractivity contribution in [1.82, 2.24) is 4.98 Å². The first kappa shape index (κ1) is 11.4. The van der Waals surface area contributed by atoms with Gasteiger partial charge in [0.25, 0.3) is 0 Å². The Balaban J connectivity index is 2.27. The Labute approximate surface area is 95.7 Å². The van der Waals surface area contributed by atoms with E-state index in [-0.39, 0.29) is 5.75 Å². The van der Waals surface area contributed by atoms with Crippen LogP contribution >= 0.6 is 0 Å². The Morgan fingerprint density at radius 1 is 1.06 bits per heavy atom. The van der Waals surface area contributed by atoms with Crippen LogP contribution in [0.4, 0.5) is 13.2 Å². The van der Waals surface area contributed by atoms with Gasteiger partial charge >= 0.3 is 6.61 Å². The first-order chi connectivity index (χ1) is 8.16. The minimum atomic E-state index is -2.89. The van der Waals surface area contributed by atoms with E-state index >= 15 is 0 Å². The SMILES string of the molecule is Fc1ccccc1-c1ccc(OC(F)F)cn1. The van der Waals surface area contributed by atoms with Gasteiger partial charge in [0.1, 0.15) is 11.6 Å². The molecule has 0 aliphatic rings. The van der Waals surface area contributed by atoms with E-state index in [1.54, 1.807) is 18.2 Å². The van der Waals surface area contributed by atoms with E-state index in [9.17, 15) is 13.2 Å². The maximum Gasteiger partial charge on any atom is 0.387 e. The van der Waals surface area contributed by atoms with Gasteiger partial charge in [-0.3, -0.25) is 4.98 Å². The van der Waals surface area contributed by atoms with Gasteiger partial charge in [0.15, 0.2) is 0 Å². The Morgan fingerprint density at radius 3 is 2.41 bits per heavy atom.